The Bertz CT molecular complexity index is 1330. The number of aliphatic imine (C=N–C) groups is 1. The number of carbonyl (C=O) groups is 1. The molecule has 9 heteroatoms. The van der Waals surface area contributed by atoms with Crippen LogP contribution in [0.1, 0.15) is 29.0 Å². The molecule has 1 heterocycles. The van der Waals surface area contributed by atoms with Crippen LogP contribution < -0.4 is 15.4 Å². The van der Waals surface area contributed by atoms with Gasteiger partial charge in [-0.2, -0.15) is 0 Å². The molecule has 0 aromatic heterocycles. The summed E-state index contributed by atoms with van der Waals surface area (Å²) in [5, 5.41) is 6.80. The summed E-state index contributed by atoms with van der Waals surface area (Å²) in [5.41, 5.74) is 4.95. The summed E-state index contributed by atoms with van der Waals surface area (Å²) in [6.07, 6.45) is 1.85. The largest absolute Gasteiger partial charge is 0.325 e. The summed E-state index contributed by atoms with van der Waals surface area (Å²) in [6, 6.07) is 23.0. The molecule has 0 spiro atoms. The highest BCUT2D eigenvalue weighted by molar-refractivity contribution is 7.88. The summed E-state index contributed by atoms with van der Waals surface area (Å²) in [6.45, 7) is 1.76. The standard InChI is InChI=1S/C26H27ClN4O3S/c1-35(33,34)29-15-5-14-28-17-18-8-11-21(12-9-18)30-25(19-6-3-2-4-7-19)24-22-13-10-20(27)16-23(22)31-26(24)32/h2-4,6-13,16,24,28-29H,5,14-15,17H2,1H3,(H,31,32). The molecule has 0 saturated carbocycles. The van der Waals surface area contributed by atoms with Gasteiger partial charge in [-0.15, -0.1) is 0 Å². The minimum atomic E-state index is -3.15. The van der Waals surface area contributed by atoms with E-state index in [1.807, 2.05) is 60.7 Å². The second-order valence-electron chi connectivity index (χ2n) is 8.38. The van der Waals surface area contributed by atoms with Crippen LogP contribution in [-0.2, 0) is 21.4 Å². The molecule has 35 heavy (non-hydrogen) atoms. The minimum Gasteiger partial charge on any atom is -0.325 e. The van der Waals surface area contributed by atoms with Crippen LogP contribution in [-0.4, -0.2) is 39.4 Å². The SMILES string of the molecule is CS(=O)(=O)NCCCNCc1ccc(N=C(c2ccccc2)C2C(=O)Nc3cc(Cl)ccc32)cc1. The van der Waals surface area contributed by atoms with E-state index in [-0.39, 0.29) is 5.91 Å². The Hall–Kier alpha value is -3.04. The number of fused-ring (bicyclic) bond motifs is 1. The van der Waals surface area contributed by atoms with Crippen molar-refractivity contribution in [3.8, 4) is 0 Å². The Morgan fingerprint density at radius 2 is 1.77 bits per heavy atom. The van der Waals surface area contributed by atoms with Crippen molar-refractivity contribution in [3.63, 3.8) is 0 Å². The van der Waals surface area contributed by atoms with Crippen molar-refractivity contribution in [2.75, 3.05) is 24.7 Å². The van der Waals surface area contributed by atoms with Crippen molar-refractivity contribution in [2.24, 2.45) is 4.99 Å². The van der Waals surface area contributed by atoms with E-state index in [0.29, 0.717) is 42.5 Å². The smallest absolute Gasteiger partial charge is 0.238 e. The molecule has 1 aliphatic rings. The van der Waals surface area contributed by atoms with Gasteiger partial charge >= 0.3 is 0 Å². The molecule has 3 N–H and O–H groups in total. The van der Waals surface area contributed by atoms with Crippen LogP contribution >= 0.6 is 11.6 Å². The molecule has 0 saturated heterocycles. The van der Waals surface area contributed by atoms with E-state index < -0.39 is 15.9 Å². The highest BCUT2D eigenvalue weighted by Crippen LogP contribution is 2.37. The molecule has 1 aliphatic heterocycles. The lowest BCUT2D eigenvalue weighted by Gasteiger charge is -2.14. The summed E-state index contributed by atoms with van der Waals surface area (Å²) in [4.78, 5) is 17.9. The average Bonchev–Trinajstić information content (AvgIpc) is 3.15. The number of carbonyl (C=O) groups excluding carboxylic acids is 1. The van der Waals surface area contributed by atoms with Crippen LogP contribution in [0.4, 0.5) is 11.4 Å². The Morgan fingerprint density at radius 1 is 1.03 bits per heavy atom. The zero-order valence-electron chi connectivity index (χ0n) is 19.3. The van der Waals surface area contributed by atoms with E-state index in [0.717, 1.165) is 28.6 Å². The van der Waals surface area contributed by atoms with Gasteiger partial charge in [-0.05, 0) is 53.9 Å². The van der Waals surface area contributed by atoms with Gasteiger partial charge < -0.3 is 10.6 Å². The molecule has 0 bridgehead atoms. The third-order valence-corrected chi connectivity index (χ3v) is 6.56. The molecule has 1 unspecified atom stereocenters. The molecule has 4 rings (SSSR count). The maximum Gasteiger partial charge on any atom is 0.238 e. The van der Waals surface area contributed by atoms with Crippen molar-refractivity contribution < 1.29 is 13.2 Å². The normalized spacial score (nSPS) is 15.7. The lowest BCUT2D eigenvalue weighted by molar-refractivity contribution is -0.115. The topological polar surface area (TPSA) is 99.7 Å². The first-order chi connectivity index (χ1) is 16.8. The number of hydrogen-bond donors (Lipinski definition) is 3. The van der Waals surface area contributed by atoms with Gasteiger partial charge in [0.15, 0.2) is 0 Å². The van der Waals surface area contributed by atoms with Crippen molar-refractivity contribution >= 4 is 44.6 Å². The van der Waals surface area contributed by atoms with Crippen molar-refractivity contribution in [1.29, 1.82) is 0 Å². The maximum atomic E-state index is 13.0. The molecular weight excluding hydrogens is 484 g/mol. The quantitative estimate of drug-likeness (QED) is 0.281. The van der Waals surface area contributed by atoms with E-state index in [2.05, 4.69) is 15.4 Å². The fraction of sp³-hybridized carbons (Fsp3) is 0.231. The zero-order chi connectivity index (χ0) is 24.8. The van der Waals surface area contributed by atoms with E-state index in [1.165, 1.54) is 0 Å². The van der Waals surface area contributed by atoms with Gasteiger partial charge in [0.05, 0.1) is 17.7 Å². The molecule has 0 radical (unpaired) electrons. The predicted octanol–water partition coefficient (Wildman–Crippen LogP) is 4.23. The molecule has 1 atom stereocenters. The number of nitrogens with one attached hydrogen (secondary N) is 3. The molecular formula is C26H27ClN4O3S. The lowest BCUT2D eigenvalue weighted by atomic mass is 9.90. The van der Waals surface area contributed by atoms with Gasteiger partial charge in [0.1, 0.15) is 5.92 Å². The van der Waals surface area contributed by atoms with Crippen LogP contribution in [0.2, 0.25) is 5.02 Å². The molecule has 7 nitrogen and oxygen atoms in total. The number of benzene rings is 3. The fourth-order valence-electron chi connectivity index (χ4n) is 3.94. The predicted molar refractivity (Wildman–Crippen MR) is 141 cm³/mol. The Labute approximate surface area is 210 Å². The summed E-state index contributed by atoms with van der Waals surface area (Å²) < 4.78 is 24.7. The fourth-order valence-corrected chi connectivity index (χ4v) is 4.63. The third-order valence-electron chi connectivity index (χ3n) is 5.60. The van der Waals surface area contributed by atoms with Gasteiger partial charge in [0.25, 0.3) is 0 Å². The van der Waals surface area contributed by atoms with Gasteiger partial charge in [-0.25, -0.2) is 13.1 Å². The summed E-state index contributed by atoms with van der Waals surface area (Å²) in [7, 11) is -3.15. The molecule has 3 aromatic carbocycles. The second kappa shape index (κ2) is 11.1. The second-order valence-corrected chi connectivity index (χ2v) is 10.6. The van der Waals surface area contributed by atoms with Crippen molar-refractivity contribution in [2.45, 2.75) is 18.9 Å². The van der Waals surface area contributed by atoms with Crippen LogP contribution in [0.25, 0.3) is 0 Å². The number of anilines is 1. The Balaban J connectivity index is 1.50. The average molecular weight is 511 g/mol. The van der Waals surface area contributed by atoms with Crippen LogP contribution in [0.15, 0.2) is 77.8 Å². The highest BCUT2D eigenvalue weighted by atomic mass is 35.5. The van der Waals surface area contributed by atoms with E-state index in [4.69, 9.17) is 16.6 Å². The van der Waals surface area contributed by atoms with Crippen LogP contribution in [0.5, 0.6) is 0 Å². The first-order valence-corrected chi connectivity index (χ1v) is 13.6. The van der Waals surface area contributed by atoms with Gasteiger partial charge in [0, 0.05) is 23.8 Å². The van der Waals surface area contributed by atoms with Crippen LogP contribution in [0.3, 0.4) is 0 Å². The number of sulfonamides is 1. The van der Waals surface area contributed by atoms with Gasteiger partial charge in [0.2, 0.25) is 15.9 Å². The number of nitrogens with zero attached hydrogens (tertiary/aromatic N) is 1. The van der Waals surface area contributed by atoms with E-state index >= 15 is 0 Å². The van der Waals surface area contributed by atoms with Crippen molar-refractivity contribution in [1.82, 2.24) is 10.0 Å². The number of hydrogen-bond acceptors (Lipinski definition) is 5. The highest BCUT2D eigenvalue weighted by Gasteiger charge is 2.35. The van der Waals surface area contributed by atoms with Crippen molar-refractivity contribution in [3.05, 3.63) is 94.5 Å². The molecule has 3 aromatic rings. The Kier molecular flexibility index (Phi) is 7.97. The third kappa shape index (κ3) is 6.76. The first kappa shape index (κ1) is 25.1. The van der Waals surface area contributed by atoms with Gasteiger partial charge in [-0.3, -0.25) is 9.79 Å². The monoisotopic (exact) mass is 510 g/mol. The number of rotatable bonds is 10. The number of amides is 1. The summed E-state index contributed by atoms with van der Waals surface area (Å²) in [5.74, 6) is -0.664. The molecule has 0 aliphatic carbocycles. The molecule has 182 valence electrons. The minimum absolute atomic E-state index is 0.129. The number of halogens is 1. The van der Waals surface area contributed by atoms with E-state index in [9.17, 15) is 13.2 Å². The maximum absolute atomic E-state index is 13.0. The first-order valence-electron chi connectivity index (χ1n) is 11.3. The van der Waals surface area contributed by atoms with Gasteiger partial charge in [-0.1, -0.05) is 60.1 Å². The molecule has 0 fully saturated rings. The zero-order valence-corrected chi connectivity index (χ0v) is 20.9. The molecule has 1 amide bonds. The Morgan fingerprint density at radius 3 is 2.49 bits per heavy atom. The van der Waals surface area contributed by atoms with E-state index in [1.54, 1.807) is 12.1 Å². The summed E-state index contributed by atoms with van der Waals surface area (Å²) >= 11 is 6.13. The van der Waals surface area contributed by atoms with Crippen LogP contribution in [0, 0.1) is 0 Å². The lowest BCUT2D eigenvalue weighted by Crippen LogP contribution is -2.26.